The van der Waals surface area contributed by atoms with Gasteiger partial charge in [0.1, 0.15) is 19.8 Å². The van der Waals surface area contributed by atoms with Crippen LogP contribution in [0.5, 0.6) is 11.5 Å². The van der Waals surface area contributed by atoms with Gasteiger partial charge in [0.15, 0.2) is 11.5 Å². The summed E-state index contributed by atoms with van der Waals surface area (Å²) >= 11 is 0. The molecular weight excluding hydrogens is 358 g/mol. The maximum absolute atomic E-state index is 12.3. The number of carbonyl (C=O) groups is 1. The number of carbonyl (C=O) groups excluding carboxylic acids is 1. The Bertz CT molecular complexity index is 1050. The third-order valence-corrected chi connectivity index (χ3v) is 4.33. The Morgan fingerprint density at radius 1 is 1.00 bits per heavy atom. The lowest BCUT2D eigenvalue weighted by atomic mass is 10.1. The van der Waals surface area contributed by atoms with Crippen molar-refractivity contribution in [2.75, 3.05) is 13.2 Å². The summed E-state index contributed by atoms with van der Waals surface area (Å²) in [7, 11) is 0. The topological polar surface area (TPSA) is 82.5 Å². The highest BCUT2D eigenvalue weighted by molar-refractivity contribution is 5.75. The van der Waals surface area contributed by atoms with Gasteiger partial charge in [-0.15, -0.1) is 0 Å². The molecule has 28 heavy (non-hydrogen) atoms. The monoisotopic (exact) mass is 377 g/mol. The third-order valence-electron chi connectivity index (χ3n) is 4.33. The predicted molar refractivity (Wildman–Crippen MR) is 103 cm³/mol. The molecule has 1 aliphatic heterocycles. The first kappa shape index (κ1) is 17.8. The molecule has 7 heteroatoms. The summed E-state index contributed by atoms with van der Waals surface area (Å²) < 4.78 is 12.2. The molecule has 3 aromatic rings. The van der Waals surface area contributed by atoms with Crippen molar-refractivity contribution in [2.45, 2.75) is 13.1 Å². The third kappa shape index (κ3) is 4.03. The molecule has 142 valence electrons. The summed E-state index contributed by atoms with van der Waals surface area (Å²) in [5.41, 5.74) is 2.08. The van der Waals surface area contributed by atoms with Gasteiger partial charge in [-0.2, -0.15) is 5.10 Å². The first-order valence-corrected chi connectivity index (χ1v) is 8.98. The summed E-state index contributed by atoms with van der Waals surface area (Å²) in [4.78, 5) is 24.4. The average Bonchev–Trinajstić information content (AvgIpc) is 2.74. The van der Waals surface area contributed by atoms with Crippen LogP contribution in [0.25, 0.3) is 11.3 Å². The lowest BCUT2D eigenvalue weighted by Crippen LogP contribution is -2.33. The molecule has 0 bridgehead atoms. The Labute approximate surface area is 161 Å². The minimum absolute atomic E-state index is 0.149. The van der Waals surface area contributed by atoms with Gasteiger partial charge in [-0.3, -0.25) is 9.59 Å². The molecule has 1 aliphatic rings. The maximum Gasteiger partial charge on any atom is 0.267 e. The van der Waals surface area contributed by atoms with Crippen LogP contribution in [0.2, 0.25) is 0 Å². The first-order chi connectivity index (χ1) is 13.7. The van der Waals surface area contributed by atoms with Crippen LogP contribution >= 0.6 is 0 Å². The molecule has 0 fully saturated rings. The van der Waals surface area contributed by atoms with E-state index in [9.17, 15) is 9.59 Å². The number of benzene rings is 2. The predicted octanol–water partition coefficient (Wildman–Crippen LogP) is 2.00. The summed E-state index contributed by atoms with van der Waals surface area (Å²) in [6.45, 7) is 1.22. The average molecular weight is 377 g/mol. The Balaban J connectivity index is 1.42. The van der Waals surface area contributed by atoms with E-state index in [1.807, 2.05) is 48.5 Å². The number of rotatable bonds is 5. The van der Waals surface area contributed by atoms with Crippen LogP contribution in [-0.4, -0.2) is 28.9 Å². The normalized spacial score (nSPS) is 12.4. The van der Waals surface area contributed by atoms with Crippen molar-refractivity contribution in [3.05, 3.63) is 76.6 Å². The Morgan fingerprint density at radius 2 is 1.79 bits per heavy atom. The molecule has 0 atom stereocenters. The van der Waals surface area contributed by atoms with Crippen molar-refractivity contribution < 1.29 is 14.3 Å². The van der Waals surface area contributed by atoms with E-state index in [4.69, 9.17) is 9.47 Å². The zero-order chi connectivity index (χ0) is 19.3. The number of ether oxygens (including phenoxy) is 2. The number of nitrogens with zero attached hydrogens (tertiary/aromatic N) is 2. The molecule has 1 amide bonds. The van der Waals surface area contributed by atoms with Crippen LogP contribution in [0.3, 0.4) is 0 Å². The summed E-state index contributed by atoms with van der Waals surface area (Å²) in [6, 6.07) is 18.1. The molecule has 1 aromatic heterocycles. The minimum atomic E-state index is -0.325. The molecule has 0 radical (unpaired) electrons. The van der Waals surface area contributed by atoms with Crippen molar-refractivity contribution in [3.8, 4) is 22.8 Å². The standard InChI is InChI=1S/C21H19N3O4/c25-20(22-13-15-6-8-18-19(12-15)28-11-10-27-18)14-24-21(26)9-7-17(23-24)16-4-2-1-3-5-16/h1-9,12H,10-11,13-14H2,(H,22,25). The number of hydrogen-bond donors (Lipinski definition) is 1. The van der Waals surface area contributed by atoms with Gasteiger partial charge in [0.2, 0.25) is 5.91 Å². The van der Waals surface area contributed by atoms with Crippen molar-refractivity contribution in [2.24, 2.45) is 0 Å². The van der Waals surface area contributed by atoms with Crippen molar-refractivity contribution in [3.63, 3.8) is 0 Å². The van der Waals surface area contributed by atoms with E-state index < -0.39 is 0 Å². The van der Waals surface area contributed by atoms with E-state index in [2.05, 4.69) is 10.4 Å². The van der Waals surface area contributed by atoms with E-state index in [-0.39, 0.29) is 18.0 Å². The second kappa shape index (κ2) is 7.96. The van der Waals surface area contributed by atoms with Gasteiger partial charge in [-0.1, -0.05) is 36.4 Å². The van der Waals surface area contributed by atoms with Gasteiger partial charge in [0.05, 0.1) is 5.69 Å². The van der Waals surface area contributed by atoms with Crippen LogP contribution in [-0.2, 0) is 17.9 Å². The van der Waals surface area contributed by atoms with Gasteiger partial charge in [-0.25, -0.2) is 4.68 Å². The van der Waals surface area contributed by atoms with Crippen LogP contribution in [0.1, 0.15) is 5.56 Å². The van der Waals surface area contributed by atoms with Crippen molar-refractivity contribution >= 4 is 5.91 Å². The minimum Gasteiger partial charge on any atom is -0.486 e. The highest BCUT2D eigenvalue weighted by atomic mass is 16.6. The number of amides is 1. The number of aromatic nitrogens is 2. The second-order valence-electron chi connectivity index (χ2n) is 6.34. The van der Waals surface area contributed by atoms with E-state index >= 15 is 0 Å². The Hall–Kier alpha value is -3.61. The molecular formula is C21H19N3O4. The molecule has 0 unspecified atom stereocenters. The van der Waals surface area contributed by atoms with E-state index in [1.165, 1.54) is 10.7 Å². The molecule has 0 spiro atoms. The van der Waals surface area contributed by atoms with Gasteiger partial charge in [0, 0.05) is 18.2 Å². The fourth-order valence-corrected chi connectivity index (χ4v) is 2.92. The maximum atomic E-state index is 12.3. The van der Waals surface area contributed by atoms with E-state index in [0.29, 0.717) is 37.0 Å². The highest BCUT2D eigenvalue weighted by Gasteiger charge is 2.12. The summed E-state index contributed by atoms with van der Waals surface area (Å²) in [5, 5.41) is 7.11. The van der Waals surface area contributed by atoms with Crippen LogP contribution in [0.15, 0.2) is 65.5 Å². The van der Waals surface area contributed by atoms with Gasteiger partial charge in [0.25, 0.3) is 5.56 Å². The van der Waals surface area contributed by atoms with Crippen molar-refractivity contribution in [1.29, 1.82) is 0 Å². The molecule has 0 aliphatic carbocycles. The van der Waals surface area contributed by atoms with Gasteiger partial charge >= 0.3 is 0 Å². The van der Waals surface area contributed by atoms with Gasteiger partial charge < -0.3 is 14.8 Å². The summed E-state index contributed by atoms with van der Waals surface area (Å²) in [5.74, 6) is 1.08. The van der Waals surface area contributed by atoms with Crippen molar-refractivity contribution in [1.82, 2.24) is 15.1 Å². The summed E-state index contributed by atoms with van der Waals surface area (Å²) in [6.07, 6.45) is 0. The SMILES string of the molecule is O=C(Cn1nc(-c2ccccc2)ccc1=O)NCc1ccc2c(c1)OCCO2. The number of nitrogens with one attached hydrogen (secondary N) is 1. The molecule has 4 rings (SSSR count). The number of hydrogen-bond acceptors (Lipinski definition) is 5. The Morgan fingerprint density at radius 3 is 2.61 bits per heavy atom. The fourth-order valence-electron chi connectivity index (χ4n) is 2.92. The molecule has 0 saturated carbocycles. The second-order valence-corrected chi connectivity index (χ2v) is 6.34. The van der Waals surface area contributed by atoms with E-state index in [1.54, 1.807) is 6.07 Å². The van der Waals surface area contributed by atoms with Crippen LogP contribution < -0.4 is 20.3 Å². The molecule has 2 heterocycles. The van der Waals surface area contributed by atoms with E-state index in [0.717, 1.165) is 11.1 Å². The lowest BCUT2D eigenvalue weighted by molar-refractivity contribution is -0.122. The highest BCUT2D eigenvalue weighted by Crippen LogP contribution is 2.30. The number of fused-ring (bicyclic) bond motifs is 1. The molecule has 0 saturated heterocycles. The zero-order valence-corrected chi connectivity index (χ0v) is 15.1. The van der Waals surface area contributed by atoms with Crippen LogP contribution in [0, 0.1) is 0 Å². The quantitative estimate of drug-likeness (QED) is 0.735. The molecule has 2 aromatic carbocycles. The Kier molecular flexibility index (Phi) is 5.05. The fraction of sp³-hybridized carbons (Fsp3) is 0.190. The van der Waals surface area contributed by atoms with Crippen LogP contribution in [0.4, 0.5) is 0 Å². The van der Waals surface area contributed by atoms with Gasteiger partial charge in [-0.05, 0) is 23.8 Å². The largest absolute Gasteiger partial charge is 0.486 e. The zero-order valence-electron chi connectivity index (χ0n) is 15.1. The molecule has 1 N–H and O–H groups in total. The smallest absolute Gasteiger partial charge is 0.267 e. The lowest BCUT2D eigenvalue weighted by Gasteiger charge is -2.19. The first-order valence-electron chi connectivity index (χ1n) is 8.98. The molecule has 7 nitrogen and oxygen atoms in total.